The summed E-state index contributed by atoms with van der Waals surface area (Å²) in [7, 11) is 1.39. The average molecular weight is 541 g/mol. The fourth-order valence-corrected chi connectivity index (χ4v) is 5.63. The van der Waals surface area contributed by atoms with E-state index in [1.165, 1.54) is 7.11 Å². The lowest BCUT2D eigenvalue weighted by atomic mass is 9.96. The maximum absolute atomic E-state index is 12.2. The lowest BCUT2D eigenvalue weighted by Gasteiger charge is -2.28. The van der Waals surface area contributed by atoms with Crippen molar-refractivity contribution < 1.29 is 14.3 Å². The molecule has 0 aliphatic carbocycles. The van der Waals surface area contributed by atoms with Gasteiger partial charge in [-0.3, -0.25) is 4.98 Å². The van der Waals surface area contributed by atoms with Gasteiger partial charge in [0.05, 0.1) is 36.6 Å². The zero-order valence-electron chi connectivity index (χ0n) is 22.7. The van der Waals surface area contributed by atoms with Gasteiger partial charge >= 0.3 is 5.97 Å². The van der Waals surface area contributed by atoms with Crippen LogP contribution in [0.1, 0.15) is 58.9 Å². The van der Waals surface area contributed by atoms with E-state index >= 15 is 0 Å². The Morgan fingerprint density at radius 1 is 1.00 bits per heavy atom. The molecule has 1 saturated heterocycles. The highest BCUT2D eigenvalue weighted by Crippen LogP contribution is 2.44. The van der Waals surface area contributed by atoms with Crippen LogP contribution in [0.3, 0.4) is 0 Å². The number of ether oxygens (including phenoxy) is 2. The summed E-state index contributed by atoms with van der Waals surface area (Å²) in [6, 6.07) is 23.3. The molecule has 200 valence electrons. The van der Waals surface area contributed by atoms with Gasteiger partial charge in [0, 0.05) is 29.0 Å². The predicted octanol–water partition coefficient (Wildman–Crippen LogP) is 6.24. The van der Waals surface area contributed by atoms with Crippen molar-refractivity contribution in [2.24, 2.45) is 0 Å². The minimum absolute atomic E-state index is 0.0924. The number of nitrogens with one attached hydrogen (secondary N) is 1. The van der Waals surface area contributed by atoms with E-state index in [-0.39, 0.29) is 24.2 Å². The molecule has 2 unspecified atom stereocenters. The van der Waals surface area contributed by atoms with Crippen molar-refractivity contribution in [2.45, 2.75) is 45.9 Å². The number of hydrogen-bond acceptors (Lipinski definition) is 5. The molecule has 8 heteroatoms. The molecule has 0 saturated carbocycles. The van der Waals surface area contributed by atoms with E-state index in [9.17, 15) is 4.79 Å². The van der Waals surface area contributed by atoms with E-state index in [1.54, 1.807) is 12.3 Å². The number of anilines is 1. The van der Waals surface area contributed by atoms with Crippen molar-refractivity contribution in [3.05, 3.63) is 107 Å². The van der Waals surface area contributed by atoms with Gasteiger partial charge in [-0.1, -0.05) is 12.1 Å². The fraction of sp³-hybridized carbons (Fsp3) is 0.258. The zero-order valence-corrected chi connectivity index (χ0v) is 23.5. The third-order valence-corrected chi connectivity index (χ3v) is 7.21. The molecular formula is C31H32N4O3S. The van der Waals surface area contributed by atoms with E-state index < -0.39 is 0 Å². The van der Waals surface area contributed by atoms with Crippen molar-refractivity contribution >= 4 is 29.0 Å². The molecular weight excluding hydrogens is 508 g/mol. The van der Waals surface area contributed by atoms with Gasteiger partial charge in [-0.15, -0.1) is 0 Å². The minimum atomic E-state index is -0.365. The van der Waals surface area contributed by atoms with Gasteiger partial charge in [0.2, 0.25) is 0 Å². The Balaban J connectivity index is 1.62. The molecule has 1 aliphatic heterocycles. The second kappa shape index (κ2) is 10.9. The van der Waals surface area contributed by atoms with Crippen LogP contribution in [0.4, 0.5) is 5.69 Å². The number of rotatable bonds is 7. The molecule has 1 fully saturated rings. The molecule has 2 aromatic carbocycles. The minimum Gasteiger partial charge on any atom is -0.491 e. The smallest absolute Gasteiger partial charge is 0.337 e. The molecule has 5 rings (SSSR count). The summed E-state index contributed by atoms with van der Waals surface area (Å²) in [5.74, 6) is 0.449. The second-order valence-corrected chi connectivity index (χ2v) is 10.2. The summed E-state index contributed by atoms with van der Waals surface area (Å²) >= 11 is 5.91. The molecule has 1 N–H and O–H groups in total. The highest BCUT2D eigenvalue weighted by atomic mass is 32.1. The van der Waals surface area contributed by atoms with Crippen molar-refractivity contribution in [1.82, 2.24) is 14.9 Å². The van der Waals surface area contributed by atoms with Crippen LogP contribution in [-0.2, 0) is 4.74 Å². The van der Waals surface area contributed by atoms with Crippen molar-refractivity contribution in [1.29, 1.82) is 0 Å². The summed E-state index contributed by atoms with van der Waals surface area (Å²) in [5, 5.41) is 4.16. The Morgan fingerprint density at radius 3 is 2.44 bits per heavy atom. The molecule has 0 spiro atoms. The number of carbonyl (C=O) groups is 1. The van der Waals surface area contributed by atoms with Crippen LogP contribution in [-0.4, -0.2) is 33.8 Å². The van der Waals surface area contributed by atoms with Gasteiger partial charge in [0.1, 0.15) is 5.75 Å². The first kappa shape index (κ1) is 26.4. The van der Waals surface area contributed by atoms with Crippen molar-refractivity contribution in [2.75, 3.05) is 12.0 Å². The molecule has 0 radical (unpaired) electrons. The molecule has 1 aliphatic rings. The average Bonchev–Trinajstić information content (AvgIpc) is 3.43. The monoisotopic (exact) mass is 540 g/mol. The normalized spacial score (nSPS) is 16.9. The van der Waals surface area contributed by atoms with E-state index in [0.717, 1.165) is 39.8 Å². The summed E-state index contributed by atoms with van der Waals surface area (Å²) < 4.78 is 13.0. The summed E-state index contributed by atoms with van der Waals surface area (Å²) in [6.45, 7) is 8.19. The first-order valence-electron chi connectivity index (χ1n) is 12.9. The Morgan fingerprint density at radius 2 is 1.77 bits per heavy atom. The van der Waals surface area contributed by atoms with Crippen LogP contribution in [0, 0.1) is 13.8 Å². The van der Waals surface area contributed by atoms with E-state index in [4.69, 9.17) is 21.7 Å². The first-order chi connectivity index (χ1) is 18.8. The van der Waals surface area contributed by atoms with Crippen LogP contribution in [0.15, 0.2) is 79.0 Å². The molecule has 4 aromatic rings. The maximum Gasteiger partial charge on any atom is 0.337 e. The molecule has 39 heavy (non-hydrogen) atoms. The van der Waals surface area contributed by atoms with E-state index in [1.807, 2.05) is 74.5 Å². The number of hydrogen-bond donors (Lipinski definition) is 1. The number of benzene rings is 2. The predicted molar refractivity (Wildman–Crippen MR) is 157 cm³/mol. The Labute approximate surface area is 234 Å². The third-order valence-electron chi connectivity index (χ3n) is 6.90. The lowest BCUT2D eigenvalue weighted by Crippen LogP contribution is -2.29. The summed E-state index contributed by atoms with van der Waals surface area (Å²) in [5.41, 5.74) is 6.48. The number of nitrogens with zero attached hydrogens (tertiary/aromatic N) is 3. The number of pyridine rings is 1. The molecule has 0 bridgehead atoms. The SMILES string of the molecule is COC(=O)c1cccc(-n2c(C)cc(C3C(c4ccccn4)NC(=S)N3c3ccc(OC(C)C)cc3)c2C)c1. The molecule has 7 nitrogen and oxygen atoms in total. The van der Waals surface area contributed by atoms with Gasteiger partial charge in [-0.2, -0.15) is 0 Å². The Bertz CT molecular complexity index is 1500. The maximum atomic E-state index is 12.2. The quantitative estimate of drug-likeness (QED) is 0.220. The first-order valence-corrected chi connectivity index (χ1v) is 13.3. The zero-order chi connectivity index (χ0) is 27.7. The number of carbonyl (C=O) groups excluding carboxylic acids is 1. The van der Waals surface area contributed by atoms with Crippen LogP contribution in [0.2, 0.25) is 0 Å². The van der Waals surface area contributed by atoms with Gasteiger partial charge in [0.25, 0.3) is 0 Å². The van der Waals surface area contributed by atoms with Crippen LogP contribution < -0.4 is 15.0 Å². The largest absolute Gasteiger partial charge is 0.491 e. The van der Waals surface area contributed by atoms with Crippen LogP contribution >= 0.6 is 12.2 Å². The van der Waals surface area contributed by atoms with Crippen molar-refractivity contribution in [3.8, 4) is 11.4 Å². The second-order valence-electron chi connectivity index (χ2n) is 9.86. The molecule has 0 amide bonds. The number of esters is 1. The standard InChI is InChI=1S/C31H32N4O3S/c1-19(2)38-25-14-12-23(13-15-25)35-29(28(33-31(35)39)27-11-6-7-16-32-27)26-17-20(3)34(21(26)4)24-10-8-9-22(18-24)30(36)37-5/h6-19,28-29H,1-5H3,(H,33,39). The van der Waals surface area contributed by atoms with Gasteiger partial charge in [0.15, 0.2) is 5.11 Å². The lowest BCUT2D eigenvalue weighted by molar-refractivity contribution is 0.0600. The van der Waals surface area contributed by atoms with E-state index in [2.05, 4.69) is 39.7 Å². The molecule has 3 heterocycles. The summed E-state index contributed by atoms with van der Waals surface area (Å²) in [4.78, 5) is 19.1. The fourth-order valence-electron chi connectivity index (χ4n) is 5.28. The van der Waals surface area contributed by atoms with Gasteiger partial charge in [-0.05, 0) is 106 Å². The van der Waals surface area contributed by atoms with Crippen LogP contribution in [0.5, 0.6) is 5.75 Å². The summed E-state index contributed by atoms with van der Waals surface area (Å²) in [6.07, 6.45) is 1.90. The Hall–Kier alpha value is -4.17. The molecule has 2 atom stereocenters. The van der Waals surface area contributed by atoms with E-state index in [0.29, 0.717) is 10.7 Å². The highest BCUT2D eigenvalue weighted by molar-refractivity contribution is 7.80. The third kappa shape index (κ3) is 5.12. The molecule has 2 aromatic heterocycles. The Kier molecular flexibility index (Phi) is 7.39. The highest BCUT2D eigenvalue weighted by Gasteiger charge is 2.42. The topological polar surface area (TPSA) is 68.6 Å². The van der Waals surface area contributed by atoms with Crippen LogP contribution in [0.25, 0.3) is 5.69 Å². The number of methoxy groups -OCH3 is 1. The van der Waals surface area contributed by atoms with Crippen molar-refractivity contribution in [3.63, 3.8) is 0 Å². The van der Waals surface area contributed by atoms with Gasteiger partial charge < -0.3 is 24.3 Å². The number of aryl methyl sites for hydroxylation is 1. The number of aromatic nitrogens is 2. The number of thiocarbonyl (C=S) groups is 1. The van der Waals surface area contributed by atoms with Gasteiger partial charge in [-0.25, -0.2) is 4.79 Å².